The van der Waals surface area contributed by atoms with Crippen molar-refractivity contribution in [2.75, 3.05) is 19.6 Å². The second kappa shape index (κ2) is 9.68. The van der Waals surface area contributed by atoms with Crippen LogP contribution in [-0.4, -0.2) is 36.5 Å². The van der Waals surface area contributed by atoms with Crippen LogP contribution in [0.1, 0.15) is 44.6 Å². The number of hydrogen-bond acceptors (Lipinski definition) is 3. The maximum absolute atomic E-state index is 12.5. The Morgan fingerprint density at radius 2 is 2.17 bits per heavy atom. The monoisotopic (exact) mass is 317 g/mol. The second-order valence-electron chi connectivity index (χ2n) is 6.64. The van der Waals surface area contributed by atoms with E-state index in [9.17, 15) is 4.79 Å². The summed E-state index contributed by atoms with van der Waals surface area (Å²) in [5, 5.41) is 3.17. The Morgan fingerprint density at radius 3 is 2.87 bits per heavy atom. The maximum atomic E-state index is 12.5. The molecule has 1 saturated heterocycles. The van der Waals surface area contributed by atoms with Gasteiger partial charge < -0.3 is 11.1 Å². The largest absolute Gasteiger partial charge is 0.352 e. The van der Waals surface area contributed by atoms with E-state index < -0.39 is 0 Å². The van der Waals surface area contributed by atoms with Crippen LogP contribution >= 0.6 is 0 Å². The summed E-state index contributed by atoms with van der Waals surface area (Å²) in [6.45, 7) is 5.56. The molecule has 1 heterocycles. The van der Waals surface area contributed by atoms with Crippen LogP contribution in [0.25, 0.3) is 0 Å². The summed E-state index contributed by atoms with van der Waals surface area (Å²) in [4.78, 5) is 14.9. The number of unbranched alkanes of at least 4 members (excludes halogenated alkanes) is 1. The zero-order valence-electron chi connectivity index (χ0n) is 14.3. The molecule has 3 N–H and O–H groups in total. The summed E-state index contributed by atoms with van der Waals surface area (Å²) in [6, 6.07) is 10.6. The zero-order valence-corrected chi connectivity index (χ0v) is 14.3. The van der Waals surface area contributed by atoms with Crippen LogP contribution in [0.4, 0.5) is 0 Å². The summed E-state index contributed by atoms with van der Waals surface area (Å²) in [7, 11) is 0. The number of nitrogens with one attached hydrogen (secondary N) is 1. The number of benzene rings is 1. The lowest BCUT2D eigenvalue weighted by atomic mass is 9.96. The average Bonchev–Trinajstić information content (AvgIpc) is 2.59. The number of rotatable bonds is 8. The highest BCUT2D eigenvalue weighted by molar-refractivity contribution is 5.79. The highest BCUT2D eigenvalue weighted by atomic mass is 16.2. The Morgan fingerprint density at radius 1 is 1.39 bits per heavy atom. The third-order valence-electron chi connectivity index (χ3n) is 4.66. The van der Waals surface area contributed by atoms with Gasteiger partial charge in [-0.2, -0.15) is 0 Å². The van der Waals surface area contributed by atoms with Gasteiger partial charge in [-0.25, -0.2) is 0 Å². The van der Waals surface area contributed by atoms with Crippen LogP contribution < -0.4 is 11.1 Å². The zero-order chi connectivity index (χ0) is 16.5. The fourth-order valence-electron chi connectivity index (χ4n) is 3.27. The molecule has 23 heavy (non-hydrogen) atoms. The van der Waals surface area contributed by atoms with Gasteiger partial charge in [0, 0.05) is 25.7 Å². The Balaban J connectivity index is 1.83. The molecule has 0 spiro atoms. The first-order chi connectivity index (χ1) is 11.2. The molecule has 1 aromatic rings. The molecule has 1 fully saturated rings. The molecule has 1 aliphatic heterocycles. The van der Waals surface area contributed by atoms with E-state index in [1.165, 1.54) is 5.56 Å². The van der Waals surface area contributed by atoms with Gasteiger partial charge in [-0.3, -0.25) is 9.69 Å². The fraction of sp³-hybridized carbons (Fsp3) is 0.632. The SMILES string of the molecule is CCCCC(CN)NC(=O)C1CCCN(Cc2ccccc2)C1. The van der Waals surface area contributed by atoms with E-state index in [-0.39, 0.29) is 17.9 Å². The smallest absolute Gasteiger partial charge is 0.224 e. The molecule has 2 unspecified atom stereocenters. The Kier molecular flexibility index (Phi) is 7.56. The Labute approximate surface area is 140 Å². The van der Waals surface area contributed by atoms with E-state index in [0.29, 0.717) is 6.54 Å². The lowest BCUT2D eigenvalue weighted by Crippen LogP contribution is -2.47. The van der Waals surface area contributed by atoms with Gasteiger partial charge in [-0.05, 0) is 31.4 Å². The van der Waals surface area contributed by atoms with Crippen molar-refractivity contribution in [1.82, 2.24) is 10.2 Å². The molecule has 1 aliphatic rings. The first kappa shape index (κ1) is 18.0. The minimum atomic E-state index is 0.100. The number of amides is 1. The van der Waals surface area contributed by atoms with Crippen molar-refractivity contribution < 1.29 is 4.79 Å². The minimum absolute atomic E-state index is 0.100. The molecule has 0 aliphatic carbocycles. The van der Waals surface area contributed by atoms with Crippen molar-refractivity contribution in [2.45, 2.75) is 51.6 Å². The van der Waals surface area contributed by atoms with E-state index in [0.717, 1.165) is 51.7 Å². The summed E-state index contributed by atoms with van der Waals surface area (Å²) in [6.07, 6.45) is 5.32. The predicted octanol–water partition coefficient (Wildman–Crippen LogP) is 2.53. The molecule has 4 nitrogen and oxygen atoms in total. The number of nitrogens with two attached hydrogens (primary N) is 1. The van der Waals surface area contributed by atoms with Gasteiger partial charge in [-0.1, -0.05) is 50.1 Å². The number of carbonyl (C=O) groups is 1. The summed E-state index contributed by atoms with van der Waals surface area (Å²) in [5.41, 5.74) is 7.11. The number of nitrogens with zero attached hydrogens (tertiary/aromatic N) is 1. The quantitative estimate of drug-likeness (QED) is 0.774. The normalized spacial score (nSPS) is 20.2. The first-order valence-electron chi connectivity index (χ1n) is 8.99. The Hall–Kier alpha value is -1.39. The van der Waals surface area contributed by atoms with Gasteiger partial charge in [0.25, 0.3) is 0 Å². The molecule has 1 aromatic carbocycles. The third-order valence-corrected chi connectivity index (χ3v) is 4.66. The first-order valence-corrected chi connectivity index (χ1v) is 8.99. The van der Waals surface area contributed by atoms with Gasteiger partial charge in [0.1, 0.15) is 0 Å². The van der Waals surface area contributed by atoms with Gasteiger partial charge in [0.2, 0.25) is 5.91 Å². The molecular weight excluding hydrogens is 286 g/mol. The predicted molar refractivity (Wildman–Crippen MR) is 95.0 cm³/mol. The van der Waals surface area contributed by atoms with Crippen molar-refractivity contribution in [2.24, 2.45) is 11.7 Å². The second-order valence-corrected chi connectivity index (χ2v) is 6.64. The highest BCUT2D eigenvalue weighted by Crippen LogP contribution is 2.19. The lowest BCUT2D eigenvalue weighted by molar-refractivity contribution is -0.127. The molecule has 128 valence electrons. The Bertz CT molecular complexity index is 463. The molecule has 2 atom stereocenters. The average molecular weight is 317 g/mol. The minimum Gasteiger partial charge on any atom is -0.352 e. The van der Waals surface area contributed by atoms with Crippen LogP contribution in [0.2, 0.25) is 0 Å². The topological polar surface area (TPSA) is 58.4 Å². The maximum Gasteiger partial charge on any atom is 0.224 e. The van der Waals surface area contributed by atoms with Gasteiger partial charge in [0.05, 0.1) is 5.92 Å². The van der Waals surface area contributed by atoms with Gasteiger partial charge in [0.15, 0.2) is 0 Å². The molecule has 1 amide bonds. The van der Waals surface area contributed by atoms with Crippen LogP contribution in [0.5, 0.6) is 0 Å². The van der Waals surface area contributed by atoms with Crippen LogP contribution in [-0.2, 0) is 11.3 Å². The van der Waals surface area contributed by atoms with Crippen molar-refractivity contribution in [1.29, 1.82) is 0 Å². The number of carbonyl (C=O) groups excluding carboxylic acids is 1. The van der Waals surface area contributed by atoms with Crippen LogP contribution in [0.15, 0.2) is 30.3 Å². The van der Waals surface area contributed by atoms with E-state index >= 15 is 0 Å². The van der Waals surface area contributed by atoms with Crippen molar-refractivity contribution in [3.8, 4) is 0 Å². The highest BCUT2D eigenvalue weighted by Gasteiger charge is 2.26. The third kappa shape index (κ3) is 5.96. The number of hydrogen-bond donors (Lipinski definition) is 2. The molecule has 0 saturated carbocycles. The van der Waals surface area contributed by atoms with Gasteiger partial charge in [-0.15, -0.1) is 0 Å². The van der Waals surface area contributed by atoms with Crippen LogP contribution in [0, 0.1) is 5.92 Å². The lowest BCUT2D eigenvalue weighted by Gasteiger charge is -2.32. The number of likely N-dealkylation sites (tertiary alicyclic amines) is 1. The molecule has 4 heteroatoms. The van der Waals surface area contributed by atoms with E-state index in [1.54, 1.807) is 0 Å². The molecule has 0 bridgehead atoms. The molecule has 0 radical (unpaired) electrons. The van der Waals surface area contributed by atoms with Crippen LogP contribution in [0.3, 0.4) is 0 Å². The standard InChI is InChI=1S/C19H31N3O/c1-2-3-11-18(13-20)21-19(23)17-10-7-12-22(15-17)14-16-8-5-4-6-9-16/h4-6,8-9,17-18H,2-3,7,10-15,20H2,1H3,(H,21,23). The van der Waals surface area contributed by atoms with E-state index in [1.807, 2.05) is 6.07 Å². The van der Waals surface area contributed by atoms with Crippen molar-refractivity contribution >= 4 is 5.91 Å². The summed E-state index contributed by atoms with van der Waals surface area (Å²) < 4.78 is 0. The molecule has 0 aromatic heterocycles. The van der Waals surface area contributed by atoms with E-state index in [4.69, 9.17) is 5.73 Å². The molecule has 2 rings (SSSR count). The van der Waals surface area contributed by atoms with Gasteiger partial charge >= 0.3 is 0 Å². The molecular formula is C19H31N3O. The summed E-state index contributed by atoms with van der Waals surface area (Å²) >= 11 is 0. The summed E-state index contributed by atoms with van der Waals surface area (Å²) in [5.74, 6) is 0.289. The fourth-order valence-corrected chi connectivity index (χ4v) is 3.27. The van der Waals surface area contributed by atoms with Crippen molar-refractivity contribution in [3.63, 3.8) is 0 Å². The van der Waals surface area contributed by atoms with Crippen molar-refractivity contribution in [3.05, 3.63) is 35.9 Å². The van der Waals surface area contributed by atoms with E-state index in [2.05, 4.69) is 41.4 Å². The number of piperidine rings is 1.